The van der Waals surface area contributed by atoms with Crippen molar-refractivity contribution in [2.24, 2.45) is 0 Å². The van der Waals surface area contributed by atoms with Crippen LogP contribution in [0.25, 0.3) is 5.73 Å². The molecule has 0 heterocycles. The Kier molecular flexibility index (Phi) is 21.5. The van der Waals surface area contributed by atoms with E-state index in [1.807, 2.05) is 44.3 Å². The van der Waals surface area contributed by atoms with Gasteiger partial charge in [-0.2, -0.15) is 36.4 Å². The van der Waals surface area contributed by atoms with Crippen molar-refractivity contribution in [3.63, 3.8) is 0 Å². The van der Waals surface area contributed by atoms with E-state index in [-0.39, 0.29) is 35.4 Å². The topological polar surface area (TPSA) is 97.3 Å². The minimum absolute atomic E-state index is 0. The van der Waals surface area contributed by atoms with Crippen LogP contribution in [0.2, 0.25) is 0 Å². The van der Waals surface area contributed by atoms with Gasteiger partial charge in [0.1, 0.15) is 0 Å². The predicted molar refractivity (Wildman–Crippen MR) is 106 cm³/mol. The molecule has 0 aliphatic rings. The van der Waals surface area contributed by atoms with Crippen LogP contribution < -0.4 is 16.0 Å². The van der Waals surface area contributed by atoms with E-state index in [1.165, 1.54) is 0 Å². The third-order valence-electron chi connectivity index (χ3n) is 3.51. The number of hydrogen-bond donors (Lipinski definition) is 3. The van der Waals surface area contributed by atoms with Gasteiger partial charge in [0.05, 0.1) is 0 Å². The first-order chi connectivity index (χ1) is 12.6. The molecular formula is C19H33MnN5O2. The van der Waals surface area contributed by atoms with Crippen LogP contribution in [0.5, 0.6) is 0 Å². The molecule has 0 saturated heterocycles. The maximum atomic E-state index is 11.6. The normalized spacial score (nSPS) is 9.63. The second kappa shape index (κ2) is 20.9. The zero-order valence-corrected chi connectivity index (χ0v) is 17.6. The van der Waals surface area contributed by atoms with Crippen LogP contribution >= 0.6 is 0 Å². The van der Waals surface area contributed by atoms with Crippen LogP contribution in [0, 0.1) is 6.07 Å². The third-order valence-corrected chi connectivity index (χ3v) is 3.51. The fraction of sp³-hybridized carbons (Fsp3) is 0.579. The first kappa shape index (κ1) is 27.8. The minimum Gasteiger partial charge on any atom is -0.676 e. The number of nitrogens with zero attached hydrogens (tertiary/aromatic N) is 1. The number of rotatable bonds is 12. The summed E-state index contributed by atoms with van der Waals surface area (Å²) in [4.78, 5) is 25.1. The summed E-state index contributed by atoms with van der Waals surface area (Å²) in [6.07, 6.45) is 0.862. The summed E-state index contributed by atoms with van der Waals surface area (Å²) in [5.41, 5.74) is 6.96. The molecule has 1 rings (SSSR count). The second-order valence-corrected chi connectivity index (χ2v) is 5.57. The monoisotopic (exact) mass is 418 g/mol. The minimum atomic E-state index is -0.0332. The van der Waals surface area contributed by atoms with E-state index in [9.17, 15) is 9.59 Å². The van der Waals surface area contributed by atoms with Gasteiger partial charge in [0.2, 0.25) is 11.8 Å². The van der Waals surface area contributed by atoms with E-state index in [0.717, 1.165) is 13.1 Å². The largest absolute Gasteiger partial charge is 2.00 e. The molecule has 2 amide bonds. The van der Waals surface area contributed by atoms with Gasteiger partial charge in [0, 0.05) is 39.0 Å². The van der Waals surface area contributed by atoms with Gasteiger partial charge in [-0.25, -0.2) is 0 Å². The van der Waals surface area contributed by atoms with E-state index < -0.39 is 0 Å². The van der Waals surface area contributed by atoms with Crippen molar-refractivity contribution in [3.05, 3.63) is 42.1 Å². The number of carbonyl (C=O) groups excluding carboxylic acids is 2. The molecule has 0 bridgehead atoms. The number of benzene rings is 1. The Morgan fingerprint density at radius 2 is 1.52 bits per heavy atom. The second-order valence-electron chi connectivity index (χ2n) is 5.57. The van der Waals surface area contributed by atoms with Gasteiger partial charge in [-0.05, 0) is 20.1 Å². The molecule has 153 valence electrons. The Morgan fingerprint density at radius 1 is 0.963 bits per heavy atom. The fourth-order valence-corrected chi connectivity index (χ4v) is 1.99. The van der Waals surface area contributed by atoms with Crippen molar-refractivity contribution in [1.29, 1.82) is 0 Å². The molecule has 8 heteroatoms. The Bertz CT molecular complexity index is 436. The molecule has 1 aromatic rings. The Hall–Kier alpha value is -1.44. The van der Waals surface area contributed by atoms with E-state index in [2.05, 4.69) is 26.9 Å². The molecule has 0 atom stereocenters. The first-order valence-electron chi connectivity index (χ1n) is 9.10. The van der Waals surface area contributed by atoms with E-state index in [1.54, 1.807) is 0 Å². The fourth-order valence-electron chi connectivity index (χ4n) is 1.99. The average Bonchev–Trinajstić information content (AvgIpc) is 2.68. The molecule has 0 fully saturated rings. The Labute approximate surface area is 174 Å². The van der Waals surface area contributed by atoms with Crippen molar-refractivity contribution in [3.8, 4) is 0 Å². The van der Waals surface area contributed by atoms with E-state index in [0.29, 0.717) is 39.0 Å². The first-order valence-corrected chi connectivity index (χ1v) is 9.10. The van der Waals surface area contributed by atoms with Crippen LogP contribution in [-0.4, -0.2) is 69.6 Å². The molecule has 7 nitrogen and oxygen atoms in total. The van der Waals surface area contributed by atoms with Crippen LogP contribution in [0.15, 0.2) is 30.3 Å². The van der Waals surface area contributed by atoms with Crippen molar-refractivity contribution in [1.82, 2.24) is 20.9 Å². The average molecular weight is 418 g/mol. The molecule has 0 spiro atoms. The van der Waals surface area contributed by atoms with Crippen LogP contribution in [0.4, 0.5) is 0 Å². The molecule has 27 heavy (non-hydrogen) atoms. The van der Waals surface area contributed by atoms with Gasteiger partial charge in [-0.3, -0.25) is 9.59 Å². The molecule has 4 N–H and O–H groups in total. The number of likely N-dealkylation sites (N-methyl/N-ethyl adjacent to an activating group) is 1. The van der Waals surface area contributed by atoms with E-state index >= 15 is 0 Å². The number of hydrogen-bond acceptors (Lipinski definition) is 4. The maximum Gasteiger partial charge on any atom is 2.00 e. The van der Waals surface area contributed by atoms with Crippen LogP contribution in [-0.2, 0) is 26.7 Å². The van der Waals surface area contributed by atoms with Crippen molar-refractivity contribution in [2.75, 3.05) is 52.9 Å². The standard InChI is InChI=1S/C13H28N5O2.C6H5.Mn/c1-3-18(10-4-12(19)16-7-6-14)11-5-13(20)17-9-8-15-2;1-2-4-6-5-3-1;/h14-15H,3-11H2,1-2H3,(H,16,19)(H,17,20);1-5H;/q2*-1;+2. The predicted octanol–water partition coefficient (Wildman–Crippen LogP) is 1.08. The number of amides is 2. The SMILES string of the molecule is CCN(CCC(=O)NCC[NH-])CCC(=O)NCCNC.[Mn+2].[c-]1ccccc1. The smallest absolute Gasteiger partial charge is 0.676 e. The molecule has 1 radical (unpaired) electrons. The summed E-state index contributed by atoms with van der Waals surface area (Å²) in [6.45, 7) is 6.14. The molecule has 0 aliphatic heterocycles. The van der Waals surface area contributed by atoms with Gasteiger partial charge in [0.25, 0.3) is 0 Å². The summed E-state index contributed by atoms with van der Waals surface area (Å²) in [7, 11) is 1.84. The van der Waals surface area contributed by atoms with Gasteiger partial charge >= 0.3 is 17.1 Å². The zero-order chi connectivity index (χ0) is 19.5. The summed E-state index contributed by atoms with van der Waals surface area (Å²) in [5.74, 6) is 0.00605. The van der Waals surface area contributed by atoms with Gasteiger partial charge in [0.15, 0.2) is 0 Å². The summed E-state index contributed by atoms with van der Waals surface area (Å²) in [5, 5.41) is 8.46. The van der Waals surface area contributed by atoms with Crippen molar-refractivity contribution in [2.45, 2.75) is 19.8 Å². The molecule has 0 aromatic heterocycles. The molecule has 0 saturated carbocycles. The molecule has 0 unspecified atom stereocenters. The van der Waals surface area contributed by atoms with Crippen LogP contribution in [0.3, 0.4) is 0 Å². The summed E-state index contributed by atoms with van der Waals surface area (Å²) in [6, 6.07) is 12.5. The quantitative estimate of drug-likeness (QED) is 0.269. The molecule has 0 aliphatic carbocycles. The summed E-state index contributed by atoms with van der Waals surface area (Å²) < 4.78 is 0. The van der Waals surface area contributed by atoms with Crippen molar-refractivity contribution < 1.29 is 26.7 Å². The number of carbonyl (C=O) groups is 2. The van der Waals surface area contributed by atoms with Gasteiger partial charge in [-0.1, -0.05) is 6.92 Å². The van der Waals surface area contributed by atoms with Gasteiger partial charge in [-0.15, -0.1) is 6.54 Å². The maximum absolute atomic E-state index is 11.6. The Balaban J connectivity index is 0. The van der Waals surface area contributed by atoms with Crippen molar-refractivity contribution >= 4 is 11.8 Å². The third kappa shape index (κ3) is 19.1. The van der Waals surface area contributed by atoms with E-state index in [4.69, 9.17) is 5.73 Å². The zero-order valence-electron chi connectivity index (χ0n) is 16.4. The molecular weight excluding hydrogens is 385 g/mol. The molecule has 1 aromatic carbocycles. The number of nitrogens with one attached hydrogen (secondary N) is 4. The van der Waals surface area contributed by atoms with Gasteiger partial charge < -0.3 is 26.6 Å². The van der Waals surface area contributed by atoms with Crippen LogP contribution in [0.1, 0.15) is 19.8 Å². The Morgan fingerprint density at radius 3 is 1.89 bits per heavy atom. The summed E-state index contributed by atoms with van der Waals surface area (Å²) >= 11 is 0.